The van der Waals surface area contributed by atoms with Crippen LogP contribution in [0.4, 0.5) is 5.13 Å². The minimum atomic E-state index is -3.76. The van der Waals surface area contributed by atoms with E-state index in [1.807, 2.05) is 12.1 Å². The zero-order chi connectivity index (χ0) is 21.4. The van der Waals surface area contributed by atoms with Gasteiger partial charge in [-0.2, -0.15) is 9.47 Å². The number of nitrogens with zero attached hydrogens (tertiary/aromatic N) is 4. The molecule has 2 aliphatic heterocycles. The lowest BCUT2D eigenvalue weighted by atomic mass is 9.87. The van der Waals surface area contributed by atoms with Crippen LogP contribution in [0.3, 0.4) is 0 Å². The summed E-state index contributed by atoms with van der Waals surface area (Å²) in [5.41, 5.74) is 2.15. The summed E-state index contributed by atoms with van der Waals surface area (Å²) in [7, 11) is -3.76. The van der Waals surface area contributed by atoms with Gasteiger partial charge in [-0.3, -0.25) is 14.7 Å². The average Bonchev–Trinajstić information content (AvgIpc) is 3.47. The van der Waals surface area contributed by atoms with Gasteiger partial charge in [-0.25, -0.2) is 13.4 Å². The molecule has 0 unspecified atom stereocenters. The molecule has 0 amide bonds. The number of aromatic nitrogens is 4. The van der Waals surface area contributed by atoms with Crippen LogP contribution in [0.25, 0.3) is 0 Å². The molecule has 0 spiro atoms. The van der Waals surface area contributed by atoms with E-state index >= 15 is 0 Å². The lowest BCUT2D eigenvalue weighted by Crippen LogP contribution is -2.41. The molecular formula is C20H24N6O3S2. The van der Waals surface area contributed by atoms with Gasteiger partial charge in [0.15, 0.2) is 0 Å². The van der Waals surface area contributed by atoms with Crippen molar-refractivity contribution in [2.75, 3.05) is 17.9 Å². The molecule has 31 heavy (non-hydrogen) atoms. The summed E-state index contributed by atoms with van der Waals surface area (Å²) < 4.78 is 37.7. The van der Waals surface area contributed by atoms with Gasteiger partial charge in [0.2, 0.25) is 5.13 Å². The van der Waals surface area contributed by atoms with Crippen molar-refractivity contribution in [3.63, 3.8) is 0 Å². The molecular weight excluding hydrogens is 436 g/mol. The van der Waals surface area contributed by atoms with E-state index in [-0.39, 0.29) is 22.1 Å². The first-order valence-electron chi connectivity index (χ1n) is 10.3. The van der Waals surface area contributed by atoms with Crippen LogP contribution in [0.5, 0.6) is 5.75 Å². The lowest BCUT2D eigenvalue weighted by Gasteiger charge is -2.44. The molecule has 9 nitrogen and oxygen atoms in total. The first-order valence-corrected chi connectivity index (χ1v) is 12.6. The van der Waals surface area contributed by atoms with Crippen LogP contribution in [0.15, 0.2) is 41.7 Å². The zero-order valence-electron chi connectivity index (χ0n) is 17.1. The zero-order valence-corrected chi connectivity index (χ0v) is 18.7. The molecule has 2 aromatic heterocycles. The van der Waals surface area contributed by atoms with Crippen molar-refractivity contribution in [3.05, 3.63) is 48.0 Å². The van der Waals surface area contributed by atoms with Crippen molar-refractivity contribution in [3.8, 4) is 5.75 Å². The summed E-state index contributed by atoms with van der Waals surface area (Å²) >= 11 is 0.994. The number of piperidine rings is 1. The number of aromatic amines is 1. The van der Waals surface area contributed by atoms with Gasteiger partial charge in [0.25, 0.3) is 10.0 Å². The maximum Gasteiger partial charge on any atom is 0.263 e. The van der Waals surface area contributed by atoms with Crippen molar-refractivity contribution >= 4 is 26.7 Å². The molecule has 11 heteroatoms. The number of sulfonamides is 1. The largest absolute Gasteiger partial charge is 0.493 e. The highest BCUT2D eigenvalue weighted by molar-refractivity contribution is 7.93. The number of H-pyrrole nitrogens is 1. The average molecular weight is 461 g/mol. The van der Waals surface area contributed by atoms with Crippen LogP contribution >= 0.6 is 11.5 Å². The normalized spacial score (nSPS) is 24.4. The van der Waals surface area contributed by atoms with Crippen LogP contribution < -0.4 is 9.46 Å². The molecule has 0 radical (unpaired) electrons. The van der Waals surface area contributed by atoms with Crippen molar-refractivity contribution < 1.29 is 13.2 Å². The van der Waals surface area contributed by atoms with Gasteiger partial charge < -0.3 is 4.74 Å². The van der Waals surface area contributed by atoms with Gasteiger partial charge in [0.05, 0.1) is 23.2 Å². The van der Waals surface area contributed by atoms with Crippen LogP contribution in [-0.4, -0.2) is 46.0 Å². The Balaban J connectivity index is 1.45. The molecule has 0 bridgehead atoms. The molecule has 3 atom stereocenters. The Labute approximate surface area is 185 Å². The van der Waals surface area contributed by atoms with E-state index in [1.165, 1.54) is 6.33 Å². The van der Waals surface area contributed by atoms with Gasteiger partial charge in [-0.05, 0) is 37.4 Å². The summed E-state index contributed by atoms with van der Waals surface area (Å²) in [4.78, 5) is 6.57. The van der Waals surface area contributed by atoms with Crippen molar-refractivity contribution in [2.24, 2.45) is 5.92 Å². The summed E-state index contributed by atoms with van der Waals surface area (Å²) in [6.45, 7) is 3.82. The first kappa shape index (κ1) is 20.4. The third kappa shape index (κ3) is 4.04. The topological polar surface area (TPSA) is 113 Å². The predicted octanol–water partition coefficient (Wildman–Crippen LogP) is 3.36. The molecule has 1 aromatic carbocycles. The number of rotatable bonds is 5. The van der Waals surface area contributed by atoms with Gasteiger partial charge in [0, 0.05) is 41.8 Å². The molecule has 3 aromatic rings. The minimum absolute atomic E-state index is 0.152. The summed E-state index contributed by atoms with van der Waals surface area (Å²) in [5, 5.41) is 7.54. The van der Waals surface area contributed by atoms with E-state index < -0.39 is 10.0 Å². The van der Waals surface area contributed by atoms with E-state index in [4.69, 9.17) is 4.74 Å². The van der Waals surface area contributed by atoms with Gasteiger partial charge in [0.1, 0.15) is 12.1 Å². The minimum Gasteiger partial charge on any atom is -0.493 e. The Bertz CT molecular complexity index is 1130. The fourth-order valence-corrected chi connectivity index (χ4v) is 6.22. The van der Waals surface area contributed by atoms with E-state index in [0.29, 0.717) is 18.3 Å². The SMILES string of the molecule is C[C@H]1CCN([C@H]2CCOc3cc(S(=O)(=O)Nc4ncns4)ccc32)[C@@H](c2ccn[nH]2)C1. The van der Waals surface area contributed by atoms with E-state index in [9.17, 15) is 8.42 Å². The molecule has 2 aliphatic rings. The number of hydrogen-bond donors (Lipinski definition) is 2. The number of likely N-dealkylation sites (tertiary alicyclic amines) is 1. The van der Waals surface area contributed by atoms with Crippen molar-refractivity contribution in [2.45, 2.75) is 43.2 Å². The second kappa shape index (κ2) is 8.21. The second-order valence-corrected chi connectivity index (χ2v) is 10.6. The maximum absolute atomic E-state index is 12.8. The monoisotopic (exact) mass is 460 g/mol. The summed E-state index contributed by atoms with van der Waals surface area (Å²) in [6, 6.07) is 7.60. The smallest absolute Gasteiger partial charge is 0.263 e. The van der Waals surface area contributed by atoms with Crippen LogP contribution in [-0.2, 0) is 10.0 Å². The molecule has 5 rings (SSSR count). The van der Waals surface area contributed by atoms with Crippen molar-refractivity contribution in [1.29, 1.82) is 0 Å². The number of fused-ring (bicyclic) bond motifs is 1. The number of hydrogen-bond acceptors (Lipinski definition) is 8. The second-order valence-electron chi connectivity index (χ2n) is 8.10. The molecule has 0 aliphatic carbocycles. The lowest BCUT2D eigenvalue weighted by molar-refractivity contribution is 0.0468. The quantitative estimate of drug-likeness (QED) is 0.600. The molecule has 0 saturated carbocycles. The molecule has 1 saturated heterocycles. The Morgan fingerprint density at radius 3 is 2.94 bits per heavy atom. The standard InChI is InChI=1S/C20H24N6O3S2/c1-13-5-8-26(18(10-13)16-4-7-22-24-16)17-6-9-29-19-11-14(2-3-15(17)19)31(27,28)25-20-21-12-23-30-20/h2-4,7,11-13,17-18H,5-6,8-10H2,1H3,(H,22,24)(H,21,23,25)/t13-,17-,18+/m0/s1. The van der Waals surface area contributed by atoms with Crippen molar-refractivity contribution in [1.82, 2.24) is 24.5 Å². The summed E-state index contributed by atoms with van der Waals surface area (Å²) in [6.07, 6.45) is 6.18. The number of nitrogens with one attached hydrogen (secondary N) is 2. The Morgan fingerprint density at radius 2 is 2.16 bits per heavy atom. The molecule has 4 heterocycles. The highest BCUT2D eigenvalue weighted by Gasteiger charge is 2.37. The Morgan fingerprint density at radius 1 is 1.26 bits per heavy atom. The first-order chi connectivity index (χ1) is 15.0. The van der Waals surface area contributed by atoms with Crippen LogP contribution in [0, 0.1) is 5.92 Å². The number of anilines is 1. The maximum atomic E-state index is 12.8. The highest BCUT2D eigenvalue weighted by Crippen LogP contribution is 2.44. The van der Waals surface area contributed by atoms with Gasteiger partial charge in [-0.1, -0.05) is 13.0 Å². The van der Waals surface area contributed by atoms with Crippen LogP contribution in [0.2, 0.25) is 0 Å². The predicted molar refractivity (Wildman–Crippen MR) is 116 cm³/mol. The van der Waals surface area contributed by atoms with Gasteiger partial charge in [-0.15, -0.1) is 0 Å². The van der Waals surface area contributed by atoms with Gasteiger partial charge >= 0.3 is 0 Å². The summed E-state index contributed by atoms with van der Waals surface area (Å²) in [5.74, 6) is 1.26. The van der Waals surface area contributed by atoms with E-state index in [0.717, 1.165) is 48.6 Å². The third-order valence-electron chi connectivity index (χ3n) is 6.07. The number of benzene rings is 1. The fourth-order valence-electron chi connectivity index (χ4n) is 4.55. The third-order valence-corrected chi connectivity index (χ3v) is 8.12. The molecule has 164 valence electrons. The van der Waals surface area contributed by atoms with E-state index in [1.54, 1.807) is 18.3 Å². The molecule has 2 N–H and O–H groups in total. The Hall–Kier alpha value is -2.50. The highest BCUT2D eigenvalue weighted by atomic mass is 32.2. The van der Waals surface area contributed by atoms with Crippen LogP contribution in [0.1, 0.15) is 49.5 Å². The number of ether oxygens (including phenoxy) is 1. The molecule has 1 fully saturated rings. The van der Waals surface area contributed by atoms with E-state index in [2.05, 4.69) is 36.1 Å². The Kier molecular flexibility index (Phi) is 5.40. The fraction of sp³-hybridized carbons (Fsp3) is 0.450.